The van der Waals surface area contributed by atoms with E-state index in [-0.39, 0.29) is 6.09 Å². The van der Waals surface area contributed by atoms with Gasteiger partial charge in [0.1, 0.15) is 0 Å². The first kappa shape index (κ1) is 15.5. The predicted molar refractivity (Wildman–Crippen MR) is 76.9 cm³/mol. The molecule has 4 nitrogen and oxygen atoms in total. The molecule has 0 aromatic heterocycles. The fourth-order valence-electron chi connectivity index (χ4n) is 1.82. The first-order chi connectivity index (χ1) is 9.19. The van der Waals surface area contributed by atoms with E-state index in [0.29, 0.717) is 13.2 Å². The van der Waals surface area contributed by atoms with E-state index in [1.165, 1.54) is 5.56 Å². The van der Waals surface area contributed by atoms with Gasteiger partial charge in [-0.25, -0.2) is 4.79 Å². The number of rotatable bonds is 7. The van der Waals surface area contributed by atoms with E-state index in [9.17, 15) is 4.79 Å². The molecule has 4 heteroatoms. The second-order valence-corrected chi connectivity index (χ2v) is 4.35. The molecule has 0 heterocycles. The molecule has 0 radical (unpaired) electrons. The summed E-state index contributed by atoms with van der Waals surface area (Å²) in [4.78, 5) is 13.5. The van der Waals surface area contributed by atoms with Crippen molar-refractivity contribution in [3.8, 4) is 0 Å². The number of carbonyl (C=O) groups excluding carboxylic acids is 1. The van der Waals surface area contributed by atoms with Crippen molar-refractivity contribution in [3.05, 3.63) is 35.4 Å². The molecule has 0 spiro atoms. The van der Waals surface area contributed by atoms with Crippen LogP contribution in [0.3, 0.4) is 0 Å². The minimum Gasteiger partial charge on any atom is -0.450 e. The molecule has 0 saturated heterocycles. The number of alkyl carbamates (subject to hydrolysis) is 1. The first-order valence-electron chi connectivity index (χ1n) is 6.90. The van der Waals surface area contributed by atoms with Crippen LogP contribution in [0.4, 0.5) is 4.79 Å². The van der Waals surface area contributed by atoms with Crippen LogP contribution >= 0.6 is 0 Å². The Labute approximate surface area is 115 Å². The zero-order chi connectivity index (χ0) is 14.1. The third-order valence-corrected chi connectivity index (χ3v) is 3.04. The van der Waals surface area contributed by atoms with E-state index < -0.39 is 0 Å². The third kappa shape index (κ3) is 5.75. The Bertz CT molecular complexity index is 372. The van der Waals surface area contributed by atoms with Crippen LogP contribution in [0.5, 0.6) is 0 Å². The molecule has 19 heavy (non-hydrogen) atoms. The number of hydrogen-bond acceptors (Lipinski definition) is 3. The molecular formula is C15H24N2O2. The van der Waals surface area contributed by atoms with Gasteiger partial charge >= 0.3 is 6.09 Å². The number of amides is 1. The fraction of sp³-hybridized carbons (Fsp3) is 0.533. The van der Waals surface area contributed by atoms with Crippen LogP contribution < -0.4 is 5.32 Å². The van der Waals surface area contributed by atoms with Gasteiger partial charge in [0.15, 0.2) is 0 Å². The highest BCUT2D eigenvalue weighted by atomic mass is 16.5. The van der Waals surface area contributed by atoms with E-state index in [1.54, 1.807) is 6.92 Å². The maximum atomic E-state index is 11.2. The van der Waals surface area contributed by atoms with Gasteiger partial charge in [-0.3, -0.25) is 4.90 Å². The highest BCUT2D eigenvalue weighted by Gasteiger charge is 2.02. The lowest BCUT2D eigenvalue weighted by molar-refractivity contribution is 0.151. The highest BCUT2D eigenvalue weighted by Crippen LogP contribution is 2.07. The molecule has 0 aliphatic carbocycles. The van der Waals surface area contributed by atoms with Gasteiger partial charge < -0.3 is 10.1 Å². The van der Waals surface area contributed by atoms with Crippen molar-refractivity contribution in [2.45, 2.75) is 33.9 Å². The van der Waals surface area contributed by atoms with Crippen molar-refractivity contribution in [2.75, 3.05) is 19.7 Å². The van der Waals surface area contributed by atoms with Gasteiger partial charge in [-0.15, -0.1) is 0 Å². The molecule has 106 valence electrons. The number of nitrogens with one attached hydrogen (secondary N) is 1. The summed E-state index contributed by atoms with van der Waals surface area (Å²) in [5, 5.41) is 2.71. The first-order valence-corrected chi connectivity index (χ1v) is 6.90. The second kappa shape index (κ2) is 8.53. The van der Waals surface area contributed by atoms with Crippen LogP contribution in [0, 0.1) is 0 Å². The summed E-state index contributed by atoms with van der Waals surface area (Å²) < 4.78 is 4.81. The Kier molecular flexibility index (Phi) is 6.97. The van der Waals surface area contributed by atoms with Gasteiger partial charge in [0.05, 0.1) is 6.61 Å². The summed E-state index contributed by atoms with van der Waals surface area (Å²) in [6.07, 6.45) is -0.366. The fourth-order valence-corrected chi connectivity index (χ4v) is 1.82. The Morgan fingerprint density at radius 2 is 1.68 bits per heavy atom. The molecule has 1 aromatic rings. The number of nitrogens with zero attached hydrogens (tertiary/aromatic N) is 1. The normalized spacial score (nSPS) is 10.5. The summed E-state index contributed by atoms with van der Waals surface area (Å²) in [6.45, 7) is 10.1. The molecule has 1 amide bonds. The monoisotopic (exact) mass is 264 g/mol. The van der Waals surface area contributed by atoms with Crippen LogP contribution in [0.15, 0.2) is 24.3 Å². The molecule has 0 aliphatic heterocycles. The minimum atomic E-state index is -0.366. The van der Waals surface area contributed by atoms with E-state index in [0.717, 1.165) is 25.2 Å². The van der Waals surface area contributed by atoms with Crippen LogP contribution in [-0.2, 0) is 17.8 Å². The summed E-state index contributed by atoms with van der Waals surface area (Å²) in [5.41, 5.74) is 2.37. The standard InChI is InChI=1S/C15H24N2O2/c1-4-17(5-2)12-14-9-7-13(8-10-14)11-16-15(18)19-6-3/h7-10H,4-6,11-12H2,1-3H3,(H,16,18). The Hall–Kier alpha value is -1.55. The molecular weight excluding hydrogens is 240 g/mol. The average molecular weight is 264 g/mol. The summed E-state index contributed by atoms with van der Waals surface area (Å²) >= 11 is 0. The largest absolute Gasteiger partial charge is 0.450 e. The molecule has 1 rings (SSSR count). The SMILES string of the molecule is CCOC(=O)NCc1ccc(CN(CC)CC)cc1. The van der Waals surface area contributed by atoms with E-state index in [1.807, 2.05) is 12.1 Å². The lowest BCUT2D eigenvalue weighted by atomic mass is 10.1. The van der Waals surface area contributed by atoms with Gasteiger partial charge in [-0.2, -0.15) is 0 Å². The molecule has 1 N–H and O–H groups in total. The quantitative estimate of drug-likeness (QED) is 0.823. The zero-order valence-corrected chi connectivity index (χ0v) is 12.1. The van der Waals surface area contributed by atoms with Crippen molar-refractivity contribution in [1.29, 1.82) is 0 Å². The van der Waals surface area contributed by atoms with Crippen molar-refractivity contribution >= 4 is 6.09 Å². The second-order valence-electron chi connectivity index (χ2n) is 4.35. The van der Waals surface area contributed by atoms with Crippen molar-refractivity contribution in [1.82, 2.24) is 10.2 Å². The summed E-state index contributed by atoms with van der Waals surface area (Å²) in [5.74, 6) is 0. The molecule has 0 aliphatic rings. The van der Waals surface area contributed by atoms with Crippen LogP contribution in [0.1, 0.15) is 31.9 Å². The van der Waals surface area contributed by atoms with E-state index in [2.05, 4.69) is 36.2 Å². The maximum absolute atomic E-state index is 11.2. The molecule has 0 atom stereocenters. The number of ether oxygens (including phenoxy) is 1. The molecule has 0 unspecified atom stereocenters. The van der Waals surface area contributed by atoms with Gasteiger partial charge in [0.25, 0.3) is 0 Å². The van der Waals surface area contributed by atoms with Crippen molar-refractivity contribution in [2.24, 2.45) is 0 Å². The average Bonchev–Trinajstić information content (AvgIpc) is 2.44. The number of carbonyl (C=O) groups is 1. The third-order valence-electron chi connectivity index (χ3n) is 3.04. The molecule has 0 bridgehead atoms. The Morgan fingerprint density at radius 3 is 2.21 bits per heavy atom. The van der Waals surface area contributed by atoms with Gasteiger partial charge in [-0.1, -0.05) is 38.1 Å². The minimum absolute atomic E-state index is 0.366. The topological polar surface area (TPSA) is 41.6 Å². The van der Waals surface area contributed by atoms with Crippen LogP contribution in [-0.4, -0.2) is 30.7 Å². The number of hydrogen-bond donors (Lipinski definition) is 1. The number of benzene rings is 1. The Balaban J connectivity index is 2.45. The lowest BCUT2D eigenvalue weighted by Gasteiger charge is -2.18. The van der Waals surface area contributed by atoms with Crippen LogP contribution in [0.2, 0.25) is 0 Å². The Morgan fingerprint density at radius 1 is 1.11 bits per heavy atom. The van der Waals surface area contributed by atoms with E-state index in [4.69, 9.17) is 4.74 Å². The van der Waals surface area contributed by atoms with Gasteiger partial charge in [-0.05, 0) is 31.1 Å². The predicted octanol–water partition coefficient (Wildman–Crippen LogP) is 2.77. The van der Waals surface area contributed by atoms with Gasteiger partial charge in [0, 0.05) is 13.1 Å². The molecule has 0 saturated carbocycles. The lowest BCUT2D eigenvalue weighted by Crippen LogP contribution is -2.24. The summed E-state index contributed by atoms with van der Waals surface area (Å²) in [7, 11) is 0. The van der Waals surface area contributed by atoms with Crippen molar-refractivity contribution < 1.29 is 9.53 Å². The van der Waals surface area contributed by atoms with Crippen molar-refractivity contribution in [3.63, 3.8) is 0 Å². The summed E-state index contributed by atoms with van der Waals surface area (Å²) in [6, 6.07) is 8.32. The zero-order valence-electron chi connectivity index (χ0n) is 12.1. The van der Waals surface area contributed by atoms with Crippen LogP contribution in [0.25, 0.3) is 0 Å². The maximum Gasteiger partial charge on any atom is 0.407 e. The van der Waals surface area contributed by atoms with Gasteiger partial charge in [0.2, 0.25) is 0 Å². The molecule has 1 aromatic carbocycles. The van der Waals surface area contributed by atoms with E-state index >= 15 is 0 Å². The smallest absolute Gasteiger partial charge is 0.407 e. The highest BCUT2D eigenvalue weighted by molar-refractivity contribution is 5.67. The molecule has 0 fully saturated rings.